The average molecular weight is 586 g/mol. The number of carboxylic acids is 1. The Morgan fingerprint density at radius 1 is 1.09 bits per heavy atom. The summed E-state index contributed by atoms with van der Waals surface area (Å²) >= 11 is 2.12. The van der Waals surface area contributed by atoms with Gasteiger partial charge in [0.1, 0.15) is 0 Å². The minimum Gasteiger partial charge on any atom is -0.478 e. The van der Waals surface area contributed by atoms with Gasteiger partial charge in [-0.25, -0.2) is 13.6 Å². The van der Waals surface area contributed by atoms with E-state index < -0.39 is 40.3 Å². The number of amides is 1. The molecule has 0 atom stereocenters. The van der Waals surface area contributed by atoms with E-state index in [9.17, 15) is 14.7 Å². The number of hydrogen-bond donors (Lipinski definition) is 2. The first-order chi connectivity index (χ1) is 16.1. The molecule has 0 spiro atoms. The van der Waals surface area contributed by atoms with Gasteiger partial charge in [-0.1, -0.05) is 0 Å². The number of nitrogens with one attached hydrogen (secondary N) is 1. The predicted octanol–water partition coefficient (Wildman–Crippen LogP) is 4.03. The van der Waals surface area contributed by atoms with Crippen LogP contribution >= 0.6 is 22.6 Å². The van der Waals surface area contributed by atoms with E-state index in [2.05, 4.69) is 37.7 Å². The molecule has 1 amide bonds. The van der Waals surface area contributed by atoms with Gasteiger partial charge in [-0.05, 0) is 92.9 Å². The molecule has 1 saturated heterocycles. The van der Waals surface area contributed by atoms with Crippen molar-refractivity contribution in [2.24, 2.45) is 0 Å². The number of benzene rings is 2. The number of piperazine rings is 1. The third-order valence-corrected chi connectivity index (χ3v) is 6.53. The molecule has 2 aromatic rings. The largest absolute Gasteiger partial charge is 0.478 e. The molecule has 0 unspecified atom stereocenters. The zero-order valence-electron chi connectivity index (χ0n) is 19.5. The van der Waals surface area contributed by atoms with Crippen LogP contribution in [0.2, 0.25) is 0 Å². The summed E-state index contributed by atoms with van der Waals surface area (Å²) < 4.78 is 31.1. The van der Waals surface area contributed by atoms with Gasteiger partial charge in [-0.15, -0.1) is 0 Å². The standard InChI is InChI=1S/C24H29F2IN4O3/c1-15-13-16(27)5-6-19(15)28-22-18(24(33)34)14-17(20(25)21(22)26)23(32)31-11-9-30(10-12-31)8-4-7-29(2)3/h5-6,13-14,28H,4,7-12H2,1-3H3,(H,33,34). The topological polar surface area (TPSA) is 76.1 Å². The van der Waals surface area contributed by atoms with Crippen molar-refractivity contribution in [1.82, 2.24) is 14.7 Å². The van der Waals surface area contributed by atoms with Gasteiger partial charge >= 0.3 is 5.97 Å². The molecule has 0 radical (unpaired) electrons. The van der Waals surface area contributed by atoms with Crippen LogP contribution in [0.3, 0.4) is 0 Å². The van der Waals surface area contributed by atoms with Crippen LogP contribution in [0.4, 0.5) is 20.2 Å². The predicted molar refractivity (Wildman–Crippen MR) is 136 cm³/mol. The summed E-state index contributed by atoms with van der Waals surface area (Å²) in [6.07, 6.45) is 0.997. The third kappa shape index (κ3) is 6.22. The van der Waals surface area contributed by atoms with Crippen LogP contribution in [0.15, 0.2) is 24.3 Å². The molecule has 34 heavy (non-hydrogen) atoms. The molecule has 2 aromatic carbocycles. The molecule has 1 fully saturated rings. The van der Waals surface area contributed by atoms with E-state index >= 15 is 8.78 Å². The van der Waals surface area contributed by atoms with Gasteiger partial charge in [-0.2, -0.15) is 0 Å². The fourth-order valence-electron chi connectivity index (χ4n) is 3.93. The molecule has 1 heterocycles. The molecule has 0 bridgehead atoms. The van der Waals surface area contributed by atoms with Crippen molar-refractivity contribution in [1.29, 1.82) is 0 Å². The van der Waals surface area contributed by atoms with Gasteiger partial charge in [0.2, 0.25) is 0 Å². The Hall–Kier alpha value is -2.31. The molecule has 10 heteroatoms. The third-order valence-electron chi connectivity index (χ3n) is 5.85. The van der Waals surface area contributed by atoms with E-state index in [1.807, 2.05) is 20.2 Å². The van der Waals surface area contributed by atoms with Crippen molar-refractivity contribution >= 4 is 45.8 Å². The van der Waals surface area contributed by atoms with Crippen LogP contribution in [-0.2, 0) is 0 Å². The maximum Gasteiger partial charge on any atom is 0.337 e. The Kier molecular flexibility index (Phi) is 8.83. The zero-order valence-corrected chi connectivity index (χ0v) is 21.7. The van der Waals surface area contributed by atoms with Gasteiger partial charge < -0.3 is 20.2 Å². The number of halogens is 3. The summed E-state index contributed by atoms with van der Waals surface area (Å²) in [5, 5.41) is 12.4. The normalized spacial score (nSPS) is 14.5. The second-order valence-corrected chi connectivity index (χ2v) is 9.90. The van der Waals surface area contributed by atoms with E-state index in [4.69, 9.17) is 0 Å². The fourth-order valence-corrected chi connectivity index (χ4v) is 4.58. The molecule has 0 saturated carbocycles. The Labute approximate surface area is 211 Å². The quantitative estimate of drug-likeness (QED) is 0.456. The lowest BCUT2D eigenvalue weighted by atomic mass is 10.0. The van der Waals surface area contributed by atoms with Crippen molar-refractivity contribution in [2.75, 3.05) is 58.7 Å². The maximum absolute atomic E-state index is 15.1. The SMILES string of the molecule is Cc1cc(I)ccc1Nc1c(C(=O)O)cc(C(=O)N2CCN(CCCN(C)C)CC2)c(F)c1F. The number of rotatable bonds is 8. The minimum atomic E-state index is -1.45. The first kappa shape index (κ1) is 26.3. The molecule has 184 valence electrons. The van der Waals surface area contributed by atoms with E-state index in [1.54, 1.807) is 19.1 Å². The van der Waals surface area contributed by atoms with E-state index in [0.29, 0.717) is 31.9 Å². The number of carboxylic acid groups (broad SMARTS) is 1. The smallest absolute Gasteiger partial charge is 0.337 e. The zero-order chi connectivity index (χ0) is 25.0. The summed E-state index contributed by atoms with van der Waals surface area (Å²) in [6.45, 7) is 5.62. The fraction of sp³-hybridized carbons (Fsp3) is 0.417. The maximum atomic E-state index is 15.1. The van der Waals surface area contributed by atoms with Crippen LogP contribution in [0.5, 0.6) is 0 Å². The highest BCUT2D eigenvalue weighted by Crippen LogP contribution is 2.31. The molecule has 0 aliphatic carbocycles. The monoisotopic (exact) mass is 586 g/mol. The molecule has 1 aliphatic rings. The number of carbonyl (C=O) groups excluding carboxylic acids is 1. The van der Waals surface area contributed by atoms with Crippen LogP contribution in [0, 0.1) is 22.1 Å². The molecular weight excluding hydrogens is 557 g/mol. The molecule has 2 N–H and O–H groups in total. The van der Waals surface area contributed by atoms with Gasteiger partial charge in [0.05, 0.1) is 16.8 Å². The van der Waals surface area contributed by atoms with Gasteiger partial charge in [0.25, 0.3) is 5.91 Å². The first-order valence-electron chi connectivity index (χ1n) is 11.0. The molecule has 0 aromatic heterocycles. The number of carbonyl (C=O) groups is 2. The second-order valence-electron chi connectivity index (χ2n) is 8.65. The van der Waals surface area contributed by atoms with Gasteiger partial charge in [-0.3, -0.25) is 9.69 Å². The van der Waals surface area contributed by atoms with Gasteiger partial charge in [0, 0.05) is 35.4 Å². The molecular formula is C24H29F2IN4O3. The van der Waals surface area contributed by atoms with E-state index in [-0.39, 0.29) is 0 Å². The molecule has 3 rings (SSSR count). The van der Waals surface area contributed by atoms with Crippen molar-refractivity contribution in [3.8, 4) is 0 Å². The summed E-state index contributed by atoms with van der Waals surface area (Å²) in [6, 6.07) is 6.19. The first-order valence-corrected chi connectivity index (χ1v) is 12.1. The number of aromatic carboxylic acids is 1. The lowest BCUT2D eigenvalue weighted by Crippen LogP contribution is -2.49. The Morgan fingerprint density at radius 2 is 1.76 bits per heavy atom. The van der Waals surface area contributed by atoms with E-state index in [1.165, 1.54) is 4.90 Å². The highest BCUT2D eigenvalue weighted by atomic mass is 127. The van der Waals surface area contributed by atoms with E-state index in [0.717, 1.165) is 34.7 Å². The van der Waals surface area contributed by atoms with Crippen LogP contribution in [0.1, 0.15) is 32.7 Å². The van der Waals surface area contributed by atoms with Gasteiger partial charge in [0.15, 0.2) is 11.6 Å². The summed E-state index contributed by atoms with van der Waals surface area (Å²) in [5.74, 6) is -4.90. The summed E-state index contributed by atoms with van der Waals surface area (Å²) in [5.41, 5.74) is -0.378. The lowest BCUT2D eigenvalue weighted by molar-refractivity contribution is 0.0628. The Balaban J connectivity index is 1.80. The highest BCUT2D eigenvalue weighted by Gasteiger charge is 2.30. The summed E-state index contributed by atoms with van der Waals surface area (Å²) in [7, 11) is 4.02. The van der Waals surface area contributed by atoms with Crippen LogP contribution in [-0.4, -0.2) is 85.0 Å². The average Bonchev–Trinajstić information content (AvgIpc) is 2.78. The van der Waals surface area contributed by atoms with Crippen molar-refractivity contribution in [2.45, 2.75) is 13.3 Å². The number of hydrogen-bond acceptors (Lipinski definition) is 5. The second kappa shape index (κ2) is 11.4. The van der Waals surface area contributed by atoms with Crippen LogP contribution in [0.25, 0.3) is 0 Å². The molecule has 1 aliphatic heterocycles. The van der Waals surface area contributed by atoms with Crippen molar-refractivity contribution < 1.29 is 23.5 Å². The minimum absolute atomic E-state index is 0.367. The number of aryl methyl sites for hydroxylation is 1. The number of anilines is 2. The number of nitrogens with zero attached hydrogens (tertiary/aromatic N) is 3. The molecule has 7 nitrogen and oxygen atoms in total. The van der Waals surface area contributed by atoms with Crippen molar-refractivity contribution in [3.05, 3.63) is 56.2 Å². The van der Waals surface area contributed by atoms with Crippen LogP contribution < -0.4 is 5.32 Å². The van der Waals surface area contributed by atoms with Crippen molar-refractivity contribution in [3.63, 3.8) is 0 Å². The highest BCUT2D eigenvalue weighted by molar-refractivity contribution is 14.1. The Bertz CT molecular complexity index is 1070. The Morgan fingerprint density at radius 3 is 2.35 bits per heavy atom. The lowest BCUT2D eigenvalue weighted by Gasteiger charge is -2.35. The summed E-state index contributed by atoms with van der Waals surface area (Å²) in [4.78, 5) is 30.7.